The molecule has 0 radical (unpaired) electrons. The second-order valence-electron chi connectivity index (χ2n) is 8.48. The molecule has 1 fully saturated rings. The molecule has 0 bridgehead atoms. The lowest BCUT2D eigenvalue weighted by molar-refractivity contribution is -0.126. The maximum Gasteiger partial charge on any atom is 0.261 e. The van der Waals surface area contributed by atoms with E-state index in [1.807, 2.05) is 53.4 Å². The first-order chi connectivity index (χ1) is 18.3. The van der Waals surface area contributed by atoms with Crippen molar-refractivity contribution in [1.82, 2.24) is 10.2 Å². The zero-order chi connectivity index (χ0) is 27.1. The van der Waals surface area contributed by atoms with Crippen LogP contribution in [0.3, 0.4) is 0 Å². The molecular weight excluding hydrogens is 543 g/mol. The first kappa shape index (κ1) is 27.4. The number of benzene rings is 3. The highest BCUT2D eigenvalue weighted by Gasteiger charge is 2.21. The lowest BCUT2D eigenvalue weighted by Crippen LogP contribution is -2.48. The Hall–Kier alpha value is -3.59. The molecule has 0 atom stereocenters. The number of piperazine rings is 1. The Morgan fingerprint density at radius 3 is 2.39 bits per heavy atom. The summed E-state index contributed by atoms with van der Waals surface area (Å²) in [5.74, 6) is -0.0724. The SMILES string of the molecule is COc1ccc(Cl)cc1C(=O)NC(=S)Nc1ccc(N2CCN(C(=O)/C=C/c3ccccc3)CC2)c(Cl)c1. The molecule has 196 valence electrons. The highest BCUT2D eigenvalue weighted by atomic mass is 35.5. The number of hydrogen-bond donors (Lipinski definition) is 2. The van der Waals surface area contributed by atoms with Gasteiger partial charge >= 0.3 is 0 Å². The number of carbonyl (C=O) groups is 2. The summed E-state index contributed by atoms with van der Waals surface area (Å²) >= 11 is 17.9. The predicted octanol–water partition coefficient (Wildman–Crippen LogP) is 5.49. The smallest absolute Gasteiger partial charge is 0.261 e. The van der Waals surface area contributed by atoms with E-state index in [4.69, 9.17) is 40.2 Å². The van der Waals surface area contributed by atoms with E-state index in [1.165, 1.54) is 13.2 Å². The third-order valence-electron chi connectivity index (χ3n) is 5.99. The number of halogens is 2. The van der Waals surface area contributed by atoms with Gasteiger partial charge < -0.3 is 19.9 Å². The molecule has 0 saturated carbocycles. The van der Waals surface area contributed by atoms with E-state index in [2.05, 4.69) is 15.5 Å². The first-order valence-electron chi connectivity index (χ1n) is 11.9. The summed E-state index contributed by atoms with van der Waals surface area (Å²) in [7, 11) is 1.47. The Balaban J connectivity index is 1.31. The standard InChI is InChI=1S/C28H26Cl2N4O3S/c1-37-25-11-8-20(29)17-22(25)27(36)32-28(38)31-21-9-10-24(23(30)18-21)33-13-15-34(16-14-33)26(35)12-7-19-5-3-2-4-6-19/h2-12,17-18H,13-16H2,1H3,(H2,31,32,36,38)/b12-7+. The van der Waals surface area contributed by atoms with E-state index in [0.29, 0.717) is 47.7 Å². The average Bonchev–Trinajstić information content (AvgIpc) is 2.92. The molecule has 7 nitrogen and oxygen atoms in total. The summed E-state index contributed by atoms with van der Waals surface area (Å²) in [4.78, 5) is 29.2. The largest absolute Gasteiger partial charge is 0.496 e. The fraction of sp³-hybridized carbons (Fsp3) is 0.179. The zero-order valence-electron chi connectivity index (χ0n) is 20.6. The van der Waals surface area contributed by atoms with Crippen LogP contribution < -0.4 is 20.3 Å². The Kier molecular flexibility index (Phi) is 9.23. The Labute approximate surface area is 237 Å². The van der Waals surface area contributed by atoms with Crippen LogP contribution in [0.2, 0.25) is 10.0 Å². The van der Waals surface area contributed by atoms with E-state index >= 15 is 0 Å². The molecule has 0 unspecified atom stereocenters. The van der Waals surface area contributed by atoms with E-state index in [1.54, 1.807) is 24.3 Å². The molecule has 0 aliphatic carbocycles. The van der Waals surface area contributed by atoms with Crippen molar-refractivity contribution < 1.29 is 14.3 Å². The molecule has 10 heteroatoms. The zero-order valence-corrected chi connectivity index (χ0v) is 22.9. The number of anilines is 2. The van der Waals surface area contributed by atoms with Crippen LogP contribution in [0, 0.1) is 0 Å². The number of methoxy groups -OCH3 is 1. The number of thiocarbonyl (C=S) groups is 1. The number of carbonyl (C=O) groups excluding carboxylic acids is 2. The molecule has 3 aromatic rings. The number of nitrogens with one attached hydrogen (secondary N) is 2. The molecule has 0 aromatic heterocycles. The van der Waals surface area contributed by atoms with E-state index in [9.17, 15) is 9.59 Å². The monoisotopic (exact) mass is 568 g/mol. The van der Waals surface area contributed by atoms with Crippen LogP contribution in [0.4, 0.5) is 11.4 Å². The summed E-state index contributed by atoms with van der Waals surface area (Å²) in [5.41, 5.74) is 2.75. The van der Waals surface area contributed by atoms with Crippen molar-refractivity contribution in [3.8, 4) is 5.75 Å². The van der Waals surface area contributed by atoms with E-state index < -0.39 is 5.91 Å². The van der Waals surface area contributed by atoms with Crippen molar-refractivity contribution in [2.24, 2.45) is 0 Å². The minimum absolute atomic E-state index is 0.00917. The lowest BCUT2D eigenvalue weighted by atomic mass is 10.2. The highest BCUT2D eigenvalue weighted by molar-refractivity contribution is 7.80. The number of amides is 2. The van der Waals surface area contributed by atoms with Crippen LogP contribution in [0.25, 0.3) is 6.08 Å². The predicted molar refractivity (Wildman–Crippen MR) is 157 cm³/mol. The fourth-order valence-corrected chi connectivity index (χ4v) is 4.72. The number of rotatable bonds is 6. The van der Waals surface area contributed by atoms with Gasteiger partial charge in [0.2, 0.25) is 5.91 Å². The Morgan fingerprint density at radius 1 is 0.974 bits per heavy atom. The van der Waals surface area contributed by atoms with Gasteiger partial charge in [0.15, 0.2) is 5.11 Å². The van der Waals surface area contributed by atoms with Gasteiger partial charge in [-0.25, -0.2) is 0 Å². The number of hydrogen-bond acceptors (Lipinski definition) is 5. The second-order valence-corrected chi connectivity index (χ2v) is 9.73. The van der Waals surface area contributed by atoms with Gasteiger partial charge in [0.05, 0.1) is 23.4 Å². The molecule has 0 spiro atoms. The van der Waals surface area contributed by atoms with Gasteiger partial charge in [-0.1, -0.05) is 53.5 Å². The molecule has 1 saturated heterocycles. The third kappa shape index (κ3) is 7.04. The number of ether oxygens (including phenoxy) is 1. The minimum Gasteiger partial charge on any atom is -0.496 e. The van der Waals surface area contributed by atoms with Crippen LogP contribution >= 0.6 is 35.4 Å². The molecule has 38 heavy (non-hydrogen) atoms. The molecule has 4 rings (SSSR count). The van der Waals surface area contributed by atoms with E-state index in [0.717, 1.165) is 11.3 Å². The van der Waals surface area contributed by atoms with Crippen LogP contribution in [0.15, 0.2) is 72.8 Å². The quantitative estimate of drug-likeness (QED) is 0.302. The molecule has 2 N–H and O–H groups in total. The molecule has 1 aliphatic rings. The third-order valence-corrected chi connectivity index (χ3v) is 6.73. The normalized spacial score (nSPS) is 13.3. The minimum atomic E-state index is -0.449. The van der Waals surface area contributed by atoms with Crippen LogP contribution in [0.1, 0.15) is 15.9 Å². The Bertz CT molecular complexity index is 1360. The highest BCUT2D eigenvalue weighted by Crippen LogP contribution is 2.30. The van der Waals surface area contributed by atoms with Gasteiger partial charge in [-0.3, -0.25) is 14.9 Å². The van der Waals surface area contributed by atoms with Gasteiger partial charge in [0, 0.05) is 43.0 Å². The Morgan fingerprint density at radius 2 is 1.71 bits per heavy atom. The van der Waals surface area contributed by atoms with Crippen LogP contribution in [0.5, 0.6) is 5.75 Å². The summed E-state index contributed by atoms with van der Waals surface area (Å²) in [6, 6.07) is 20.0. The maximum absolute atomic E-state index is 12.7. The fourth-order valence-electron chi connectivity index (χ4n) is 4.04. The van der Waals surface area contributed by atoms with Crippen molar-refractivity contribution >= 4 is 69.8 Å². The van der Waals surface area contributed by atoms with Crippen molar-refractivity contribution in [1.29, 1.82) is 0 Å². The summed E-state index contributed by atoms with van der Waals surface area (Å²) < 4.78 is 5.23. The summed E-state index contributed by atoms with van der Waals surface area (Å²) in [6.45, 7) is 2.51. The van der Waals surface area contributed by atoms with Crippen molar-refractivity contribution in [2.75, 3.05) is 43.5 Å². The van der Waals surface area contributed by atoms with Gasteiger partial charge in [0.25, 0.3) is 5.91 Å². The molecule has 3 aromatic carbocycles. The summed E-state index contributed by atoms with van der Waals surface area (Å²) in [5, 5.41) is 6.65. The van der Waals surface area contributed by atoms with Crippen LogP contribution in [-0.2, 0) is 4.79 Å². The lowest BCUT2D eigenvalue weighted by Gasteiger charge is -2.36. The van der Waals surface area contributed by atoms with Gasteiger partial charge in [-0.15, -0.1) is 0 Å². The molecule has 2 amide bonds. The number of nitrogens with zero attached hydrogens (tertiary/aromatic N) is 2. The molecular formula is C28H26Cl2N4O3S. The first-order valence-corrected chi connectivity index (χ1v) is 13.0. The van der Waals surface area contributed by atoms with Gasteiger partial charge in [-0.05, 0) is 60.3 Å². The maximum atomic E-state index is 12.7. The van der Waals surface area contributed by atoms with Crippen molar-refractivity contribution in [2.45, 2.75) is 0 Å². The molecule has 1 aliphatic heterocycles. The summed E-state index contributed by atoms with van der Waals surface area (Å²) in [6.07, 6.45) is 3.44. The average molecular weight is 570 g/mol. The van der Waals surface area contributed by atoms with Crippen molar-refractivity contribution in [3.63, 3.8) is 0 Å². The second kappa shape index (κ2) is 12.8. The van der Waals surface area contributed by atoms with Gasteiger partial charge in [-0.2, -0.15) is 0 Å². The van der Waals surface area contributed by atoms with Crippen LogP contribution in [-0.4, -0.2) is 55.1 Å². The van der Waals surface area contributed by atoms with E-state index in [-0.39, 0.29) is 16.6 Å². The topological polar surface area (TPSA) is 73.9 Å². The van der Waals surface area contributed by atoms with Crippen molar-refractivity contribution in [3.05, 3.63) is 94.0 Å². The van der Waals surface area contributed by atoms with Gasteiger partial charge in [0.1, 0.15) is 5.75 Å². The molecule has 1 heterocycles.